The fourth-order valence-corrected chi connectivity index (χ4v) is 2.62. The summed E-state index contributed by atoms with van der Waals surface area (Å²) in [6.07, 6.45) is 0.235. The lowest BCUT2D eigenvalue weighted by atomic mass is 9.87. The van der Waals surface area contributed by atoms with E-state index in [9.17, 15) is 5.11 Å². The highest BCUT2D eigenvalue weighted by Crippen LogP contribution is 2.38. The smallest absolute Gasteiger partial charge is 0.128 e. The normalized spacial score (nSPS) is 13.5. The van der Waals surface area contributed by atoms with Gasteiger partial charge in [0.2, 0.25) is 0 Å². The van der Waals surface area contributed by atoms with E-state index in [4.69, 9.17) is 9.47 Å². The first-order chi connectivity index (χ1) is 10.2. The summed E-state index contributed by atoms with van der Waals surface area (Å²) in [5, 5.41) is 10.8. The number of aliphatic hydroxyl groups is 1. The van der Waals surface area contributed by atoms with E-state index < -0.39 is 6.10 Å². The van der Waals surface area contributed by atoms with Crippen LogP contribution in [-0.2, 0) is 0 Å². The second kappa shape index (κ2) is 7.14. The molecule has 3 heteroatoms. The molecule has 3 nitrogen and oxygen atoms in total. The number of hydrogen-bond acceptors (Lipinski definition) is 3. The summed E-state index contributed by atoms with van der Waals surface area (Å²) in [4.78, 5) is 0. The minimum atomic E-state index is -0.613. The zero-order valence-electron chi connectivity index (χ0n) is 12.7. The van der Waals surface area contributed by atoms with E-state index >= 15 is 0 Å². The van der Waals surface area contributed by atoms with Gasteiger partial charge in [-0.15, -0.1) is 0 Å². The van der Waals surface area contributed by atoms with E-state index in [-0.39, 0.29) is 5.92 Å². The molecule has 0 saturated heterocycles. The van der Waals surface area contributed by atoms with Crippen LogP contribution in [-0.4, -0.2) is 19.3 Å². The van der Waals surface area contributed by atoms with Crippen LogP contribution in [0.2, 0.25) is 0 Å². The molecule has 0 radical (unpaired) electrons. The molecule has 0 bridgehead atoms. The maximum Gasteiger partial charge on any atom is 0.128 e. The average molecular weight is 286 g/mol. The van der Waals surface area contributed by atoms with E-state index in [0.717, 1.165) is 23.3 Å². The summed E-state index contributed by atoms with van der Waals surface area (Å²) in [7, 11) is 3.22. The van der Waals surface area contributed by atoms with Crippen molar-refractivity contribution in [3.63, 3.8) is 0 Å². The Morgan fingerprint density at radius 3 is 2.29 bits per heavy atom. The van der Waals surface area contributed by atoms with Crippen LogP contribution in [0.1, 0.15) is 36.5 Å². The molecule has 0 aliphatic heterocycles. The quantitative estimate of drug-likeness (QED) is 0.874. The molecule has 0 heterocycles. The summed E-state index contributed by atoms with van der Waals surface area (Å²) >= 11 is 0. The van der Waals surface area contributed by atoms with Crippen LogP contribution in [0.15, 0.2) is 48.5 Å². The first-order valence-electron chi connectivity index (χ1n) is 7.16. The summed E-state index contributed by atoms with van der Waals surface area (Å²) in [6.45, 7) is 2.08. The summed E-state index contributed by atoms with van der Waals surface area (Å²) in [5.41, 5.74) is 1.92. The third kappa shape index (κ3) is 3.37. The fourth-order valence-electron chi connectivity index (χ4n) is 2.62. The van der Waals surface area contributed by atoms with Gasteiger partial charge in [-0.2, -0.15) is 0 Å². The molecule has 21 heavy (non-hydrogen) atoms. The van der Waals surface area contributed by atoms with E-state index in [1.165, 1.54) is 0 Å². The molecule has 2 unspecified atom stereocenters. The van der Waals surface area contributed by atoms with Gasteiger partial charge < -0.3 is 14.6 Å². The zero-order chi connectivity index (χ0) is 15.2. The molecule has 0 aliphatic rings. The number of aliphatic hydroxyl groups excluding tert-OH is 1. The number of methoxy groups -OCH3 is 2. The first kappa shape index (κ1) is 15.4. The monoisotopic (exact) mass is 286 g/mol. The predicted octanol–water partition coefficient (Wildman–Crippen LogP) is 3.93. The Bertz CT molecular complexity index is 566. The van der Waals surface area contributed by atoms with Gasteiger partial charge in [0.25, 0.3) is 0 Å². The lowest BCUT2D eigenvalue weighted by molar-refractivity contribution is 0.139. The van der Waals surface area contributed by atoms with E-state index in [1.807, 2.05) is 42.5 Å². The van der Waals surface area contributed by atoms with E-state index in [2.05, 4.69) is 6.92 Å². The van der Waals surface area contributed by atoms with E-state index in [1.54, 1.807) is 20.3 Å². The van der Waals surface area contributed by atoms with Crippen LogP contribution >= 0.6 is 0 Å². The topological polar surface area (TPSA) is 38.7 Å². The molecule has 0 saturated carbocycles. The molecule has 1 N–H and O–H groups in total. The molecule has 2 aromatic carbocycles. The van der Waals surface area contributed by atoms with E-state index in [0.29, 0.717) is 5.75 Å². The number of rotatable bonds is 6. The molecular formula is C18H22O3. The molecule has 0 aliphatic carbocycles. The van der Waals surface area contributed by atoms with Gasteiger partial charge in [0.05, 0.1) is 20.3 Å². The fraction of sp³-hybridized carbons (Fsp3) is 0.333. The van der Waals surface area contributed by atoms with Crippen LogP contribution in [0.3, 0.4) is 0 Å². The van der Waals surface area contributed by atoms with Crippen molar-refractivity contribution in [1.82, 2.24) is 0 Å². The lowest BCUT2D eigenvalue weighted by Gasteiger charge is -2.24. The number of benzene rings is 2. The Morgan fingerprint density at radius 2 is 1.71 bits per heavy atom. The van der Waals surface area contributed by atoms with Gasteiger partial charge in [-0.05, 0) is 24.1 Å². The summed E-state index contributed by atoms with van der Waals surface area (Å²) < 4.78 is 10.6. The zero-order valence-corrected chi connectivity index (χ0v) is 12.7. The van der Waals surface area contributed by atoms with Crippen molar-refractivity contribution in [1.29, 1.82) is 0 Å². The van der Waals surface area contributed by atoms with Gasteiger partial charge in [-0.3, -0.25) is 0 Å². The Hall–Kier alpha value is -2.00. The van der Waals surface area contributed by atoms with Crippen LogP contribution < -0.4 is 9.47 Å². The Morgan fingerprint density at radius 1 is 1.00 bits per heavy atom. The van der Waals surface area contributed by atoms with Gasteiger partial charge >= 0.3 is 0 Å². The largest absolute Gasteiger partial charge is 0.497 e. The molecule has 2 atom stereocenters. The van der Waals surface area contributed by atoms with Crippen molar-refractivity contribution >= 4 is 0 Å². The second-order valence-electron chi connectivity index (χ2n) is 4.98. The molecular weight excluding hydrogens is 264 g/mol. The average Bonchev–Trinajstić information content (AvgIpc) is 2.55. The SMILES string of the molecule is CCC(c1ccccc1)C(O)c1ccc(OC)cc1OC. The van der Waals surface area contributed by atoms with Gasteiger partial charge in [-0.25, -0.2) is 0 Å². The van der Waals surface area contributed by atoms with Crippen LogP contribution in [0, 0.1) is 0 Å². The summed E-state index contributed by atoms with van der Waals surface area (Å²) in [6, 6.07) is 15.6. The minimum absolute atomic E-state index is 0.0356. The highest BCUT2D eigenvalue weighted by atomic mass is 16.5. The maximum atomic E-state index is 10.8. The third-order valence-electron chi connectivity index (χ3n) is 3.81. The van der Waals surface area contributed by atoms with Gasteiger partial charge in [-0.1, -0.05) is 37.3 Å². The lowest BCUT2D eigenvalue weighted by Crippen LogP contribution is -2.11. The molecule has 0 amide bonds. The predicted molar refractivity (Wildman–Crippen MR) is 84.0 cm³/mol. The van der Waals surface area contributed by atoms with Gasteiger partial charge in [0.15, 0.2) is 0 Å². The van der Waals surface area contributed by atoms with Crippen molar-refractivity contribution in [3.05, 3.63) is 59.7 Å². The Balaban J connectivity index is 2.35. The van der Waals surface area contributed by atoms with Crippen LogP contribution in [0.4, 0.5) is 0 Å². The van der Waals surface area contributed by atoms with Crippen molar-refractivity contribution in [2.24, 2.45) is 0 Å². The van der Waals surface area contributed by atoms with Crippen molar-refractivity contribution < 1.29 is 14.6 Å². The summed E-state index contributed by atoms with van der Waals surface area (Å²) in [5.74, 6) is 1.40. The van der Waals surface area contributed by atoms with Gasteiger partial charge in [0, 0.05) is 17.5 Å². The van der Waals surface area contributed by atoms with Crippen LogP contribution in [0.25, 0.3) is 0 Å². The molecule has 112 valence electrons. The maximum absolute atomic E-state index is 10.8. The Kier molecular flexibility index (Phi) is 5.23. The molecule has 0 spiro atoms. The number of ether oxygens (including phenoxy) is 2. The number of hydrogen-bond donors (Lipinski definition) is 1. The van der Waals surface area contributed by atoms with Crippen LogP contribution in [0.5, 0.6) is 11.5 Å². The third-order valence-corrected chi connectivity index (χ3v) is 3.81. The van der Waals surface area contributed by atoms with Crippen molar-refractivity contribution in [2.75, 3.05) is 14.2 Å². The molecule has 0 fully saturated rings. The molecule has 2 rings (SSSR count). The highest BCUT2D eigenvalue weighted by molar-refractivity contribution is 5.43. The van der Waals surface area contributed by atoms with Crippen molar-refractivity contribution in [3.8, 4) is 11.5 Å². The molecule has 2 aromatic rings. The standard InChI is InChI=1S/C18H22O3/c1-4-15(13-8-6-5-7-9-13)18(19)16-11-10-14(20-2)12-17(16)21-3/h5-12,15,18-19H,4H2,1-3H3. The first-order valence-corrected chi connectivity index (χ1v) is 7.16. The molecule has 0 aromatic heterocycles. The second-order valence-corrected chi connectivity index (χ2v) is 4.98. The van der Waals surface area contributed by atoms with Gasteiger partial charge in [0.1, 0.15) is 11.5 Å². The van der Waals surface area contributed by atoms with Crippen molar-refractivity contribution in [2.45, 2.75) is 25.4 Å². The Labute approximate surface area is 126 Å². The minimum Gasteiger partial charge on any atom is -0.497 e. The highest BCUT2D eigenvalue weighted by Gasteiger charge is 2.24.